The third kappa shape index (κ3) is 1.77. The molecule has 4 rings (SSSR count). The molecular formula is C13H10ClN5O. The summed E-state index contributed by atoms with van der Waals surface area (Å²) in [5, 5.41) is 3.50. The van der Waals surface area contributed by atoms with Crippen LogP contribution in [0.1, 0.15) is 11.6 Å². The average molecular weight is 288 g/mol. The van der Waals surface area contributed by atoms with Crippen molar-refractivity contribution in [2.45, 2.75) is 6.04 Å². The van der Waals surface area contributed by atoms with Crippen LogP contribution in [0.2, 0.25) is 5.28 Å². The summed E-state index contributed by atoms with van der Waals surface area (Å²) in [5.41, 5.74) is 2.38. The van der Waals surface area contributed by atoms with Gasteiger partial charge in [-0.05, 0) is 17.7 Å². The predicted molar refractivity (Wildman–Crippen MR) is 75.0 cm³/mol. The van der Waals surface area contributed by atoms with Crippen LogP contribution < -0.4 is 10.1 Å². The summed E-state index contributed by atoms with van der Waals surface area (Å²) < 4.78 is 5.64. The highest BCUT2D eigenvalue weighted by Gasteiger charge is 2.24. The molecule has 1 aliphatic rings. The van der Waals surface area contributed by atoms with Crippen LogP contribution in [0.5, 0.6) is 5.75 Å². The number of benzene rings is 1. The summed E-state index contributed by atoms with van der Waals surface area (Å²) in [6.45, 7) is 0.552. The molecular weight excluding hydrogens is 278 g/mol. The lowest BCUT2D eigenvalue weighted by atomic mass is 10.1. The second kappa shape index (κ2) is 4.35. The van der Waals surface area contributed by atoms with Gasteiger partial charge in [-0.25, -0.2) is 4.98 Å². The number of nitrogens with one attached hydrogen (secondary N) is 2. The summed E-state index contributed by atoms with van der Waals surface area (Å²) in [4.78, 5) is 15.4. The normalized spacial score (nSPS) is 16.9. The van der Waals surface area contributed by atoms with E-state index in [1.807, 2.05) is 24.3 Å². The van der Waals surface area contributed by atoms with Gasteiger partial charge in [0.1, 0.15) is 17.9 Å². The van der Waals surface area contributed by atoms with Crippen molar-refractivity contribution in [2.75, 3.05) is 11.9 Å². The van der Waals surface area contributed by atoms with Crippen LogP contribution in [0.4, 0.5) is 5.82 Å². The molecule has 2 aromatic heterocycles. The molecule has 0 amide bonds. The van der Waals surface area contributed by atoms with Gasteiger partial charge >= 0.3 is 0 Å². The highest BCUT2D eigenvalue weighted by Crippen LogP contribution is 2.34. The maximum absolute atomic E-state index is 5.92. The largest absolute Gasteiger partial charge is 0.491 e. The minimum Gasteiger partial charge on any atom is -0.491 e. The quantitative estimate of drug-likeness (QED) is 0.709. The van der Waals surface area contributed by atoms with Crippen LogP contribution >= 0.6 is 11.6 Å². The predicted octanol–water partition coefficient (Wildman–Crippen LogP) is 2.55. The Balaban J connectivity index is 1.74. The molecule has 0 radical (unpaired) electrons. The van der Waals surface area contributed by atoms with Gasteiger partial charge in [-0.2, -0.15) is 9.97 Å². The molecule has 7 heteroatoms. The number of H-pyrrole nitrogens is 1. The fourth-order valence-corrected chi connectivity index (χ4v) is 2.52. The zero-order valence-corrected chi connectivity index (χ0v) is 11.1. The first-order valence-corrected chi connectivity index (χ1v) is 6.54. The smallest absolute Gasteiger partial charge is 0.226 e. The Morgan fingerprint density at radius 2 is 2.20 bits per heavy atom. The number of anilines is 1. The Morgan fingerprint density at radius 1 is 1.30 bits per heavy atom. The Kier molecular flexibility index (Phi) is 2.50. The van der Waals surface area contributed by atoms with Crippen molar-refractivity contribution in [1.82, 2.24) is 19.9 Å². The molecule has 20 heavy (non-hydrogen) atoms. The van der Waals surface area contributed by atoms with E-state index in [1.54, 1.807) is 6.33 Å². The fraction of sp³-hybridized carbons (Fsp3) is 0.154. The average Bonchev–Trinajstić information content (AvgIpc) is 3.06. The highest BCUT2D eigenvalue weighted by atomic mass is 35.5. The van der Waals surface area contributed by atoms with Crippen LogP contribution in [0, 0.1) is 0 Å². The molecule has 1 atom stereocenters. The summed E-state index contributed by atoms with van der Waals surface area (Å²) in [5.74, 6) is 1.52. The van der Waals surface area contributed by atoms with Gasteiger partial charge in [0.05, 0.1) is 12.4 Å². The molecule has 100 valence electrons. The first kappa shape index (κ1) is 11.5. The summed E-state index contributed by atoms with van der Waals surface area (Å²) in [7, 11) is 0. The van der Waals surface area contributed by atoms with Crippen molar-refractivity contribution in [3.63, 3.8) is 0 Å². The van der Waals surface area contributed by atoms with Crippen molar-refractivity contribution in [3.8, 4) is 5.75 Å². The highest BCUT2D eigenvalue weighted by molar-refractivity contribution is 6.28. The molecule has 0 aliphatic carbocycles. The second-order valence-corrected chi connectivity index (χ2v) is 4.83. The van der Waals surface area contributed by atoms with E-state index in [9.17, 15) is 0 Å². The van der Waals surface area contributed by atoms with Crippen LogP contribution in [-0.2, 0) is 0 Å². The van der Waals surface area contributed by atoms with E-state index >= 15 is 0 Å². The number of rotatable bonds is 2. The third-order valence-electron chi connectivity index (χ3n) is 3.27. The molecule has 0 spiro atoms. The van der Waals surface area contributed by atoms with Gasteiger partial charge in [0.15, 0.2) is 11.5 Å². The van der Waals surface area contributed by atoms with Gasteiger partial charge in [-0.1, -0.05) is 18.2 Å². The molecule has 1 aromatic carbocycles. The molecule has 2 N–H and O–H groups in total. The molecule has 6 nitrogen and oxygen atoms in total. The number of ether oxygens (including phenoxy) is 1. The van der Waals surface area contributed by atoms with E-state index in [0.717, 1.165) is 16.8 Å². The maximum atomic E-state index is 5.92. The second-order valence-electron chi connectivity index (χ2n) is 4.49. The third-order valence-corrected chi connectivity index (χ3v) is 3.44. The van der Waals surface area contributed by atoms with Gasteiger partial charge in [-0.3, -0.25) is 0 Å². The van der Waals surface area contributed by atoms with Crippen molar-refractivity contribution >= 4 is 28.6 Å². The number of halogens is 1. The van der Waals surface area contributed by atoms with Crippen molar-refractivity contribution in [2.24, 2.45) is 0 Å². The number of para-hydroxylation sites is 1. The number of fused-ring (bicyclic) bond motifs is 2. The number of hydrogen-bond donors (Lipinski definition) is 2. The van der Waals surface area contributed by atoms with E-state index < -0.39 is 0 Å². The molecule has 0 saturated carbocycles. The SMILES string of the molecule is Clc1nc(NC2COc3ccccc32)c2[nH]cnc2n1. The molecule has 3 aromatic rings. The van der Waals surface area contributed by atoms with Gasteiger partial charge in [0.2, 0.25) is 5.28 Å². The zero-order chi connectivity index (χ0) is 13.5. The lowest BCUT2D eigenvalue weighted by Crippen LogP contribution is -2.13. The van der Waals surface area contributed by atoms with E-state index in [-0.39, 0.29) is 11.3 Å². The first-order chi connectivity index (χ1) is 9.81. The number of hydrogen-bond acceptors (Lipinski definition) is 5. The lowest BCUT2D eigenvalue weighted by molar-refractivity contribution is 0.339. The molecule has 1 aliphatic heterocycles. The van der Waals surface area contributed by atoms with E-state index in [4.69, 9.17) is 16.3 Å². The summed E-state index contributed by atoms with van der Waals surface area (Å²) in [6, 6.07) is 7.96. The fourth-order valence-electron chi connectivity index (χ4n) is 2.36. The van der Waals surface area contributed by atoms with Crippen LogP contribution in [0.3, 0.4) is 0 Å². The monoisotopic (exact) mass is 287 g/mol. The summed E-state index contributed by atoms with van der Waals surface area (Å²) in [6.07, 6.45) is 1.57. The molecule has 0 saturated heterocycles. The standard InChI is InChI=1S/C13H10ClN5O/c14-13-18-11-10(15-6-16-11)12(19-13)17-8-5-20-9-4-2-1-3-7(8)9/h1-4,6,8H,5H2,(H2,15,16,17,18,19). The van der Waals surface area contributed by atoms with E-state index in [1.165, 1.54) is 0 Å². The minimum atomic E-state index is 0.0312. The topological polar surface area (TPSA) is 75.7 Å². The molecule has 3 heterocycles. The summed E-state index contributed by atoms with van der Waals surface area (Å²) >= 11 is 5.92. The van der Waals surface area contributed by atoms with Gasteiger partial charge in [0.25, 0.3) is 0 Å². The molecule has 1 unspecified atom stereocenters. The van der Waals surface area contributed by atoms with Gasteiger partial charge in [0, 0.05) is 5.56 Å². The number of nitrogens with zero attached hydrogens (tertiary/aromatic N) is 3. The van der Waals surface area contributed by atoms with Crippen LogP contribution in [-0.4, -0.2) is 26.5 Å². The molecule has 0 fully saturated rings. The Labute approximate surface area is 119 Å². The number of imidazole rings is 1. The van der Waals surface area contributed by atoms with Crippen molar-refractivity contribution < 1.29 is 4.74 Å². The lowest BCUT2D eigenvalue weighted by Gasteiger charge is -2.12. The Morgan fingerprint density at radius 3 is 3.15 bits per heavy atom. The zero-order valence-electron chi connectivity index (χ0n) is 10.3. The van der Waals surface area contributed by atoms with Crippen molar-refractivity contribution in [1.29, 1.82) is 0 Å². The van der Waals surface area contributed by atoms with E-state index in [2.05, 4.69) is 25.3 Å². The van der Waals surface area contributed by atoms with Crippen LogP contribution in [0.15, 0.2) is 30.6 Å². The number of aromatic nitrogens is 4. The van der Waals surface area contributed by atoms with E-state index in [0.29, 0.717) is 18.1 Å². The van der Waals surface area contributed by atoms with Crippen molar-refractivity contribution in [3.05, 3.63) is 41.4 Å². The number of aromatic amines is 1. The molecule has 0 bridgehead atoms. The minimum absolute atomic E-state index is 0.0312. The van der Waals surface area contributed by atoms with Crippen LogP contribution in [0.25, 0.3) is 11.2 Å². The van der Waals surface area contributed by atoms with Gasteiger partial charge in [-0.15, -0.1) is 0 Å². The maximum Gasteiger partial charge on any atom is 0.226 e. The Hall–Kier alpha value is -2.34. The Bertz CT molecular complexity index is 787. The van der Waals surface area contributed by atoms with Gasteiger partial charge < -0.3 is 15.0 Å². The first-order valence-electron chi connectivity index (χ1n) is 6.16.